The molecule has 0 radical (unpaired) electrons. The second-order valence-electron chi connectivity index (χ2n) is 3.13. The molecule has 1 atom stereocenters. The van der Waals surface area contributed by atoms with Crippen LogP contribution in [-0.4, -0.2) is 20.3 Å². The van der Waals surface area contributed by atoms with Crippen molar-refractivity contribution in [1.29, 1.82) is 0 Å². The smallest absolute Gasteiger partial charge is 0.387 e. The fourth-order valence-electron chi connectivity index (χ4n) is 1.24. The van der Waals surface area contributed by atoms with Crippen LogP contribution >= 0.6 is 0 Å². The summed E-state index contributed by atoms with van der Waals surface area (Å²) in [6, 6.07) is 4.15. The number of nitrogens with two attached hydrogens (primary N) is 2. The van der Waals surface area contributed by atoms with E-state index in [2.05, 4.69) is 4.74 Å². The first-order valence-electron chi connectivity index (χ1n) is 4.67. The van der Waals surface area contributed by atoms with Crippen LogP contribution in [0.3, 0.4) is 0 Å². The Balaban J connectivity index is 2.97. The van der Waals surface area contributed by atoms with Crippen LogP contribution in [0.2, 0.25) is 0 Å². The number of alkyl halides is 2. The van der Waals surface area contributed by atoms with Gasteiger partial charge in [-0.05, 0) is 17.7 Å². The van der Waals surface area contributed by atoms with Gasteiger partial charge >= 0.3 is 6.61 Å². The van der Waals surface area contributed by atoms with Gasteiger partial charge in [-0.1, -0.05) is 6.07 Å². The Kier molecular flexibility index (Phi) is 4.45. The fraction of sp³-hybridized carbons (Fsp3) is 0.400. The normalized spacial score (nSPS) is 12.6. The van der Waals surface area contributed by atoms with Crippen molar-refractivity contribution in [3.05, 3.63) is 23.8 Å². The molecule has 0 spiro atoms. The first kappa shape index (κ1) is 12.7. The van der Waals surface area contributed by atoms with E-state index >= 15 is 0 Å². The molecule has 0 aliphatic rings. The van der Waals surface area contributed by atoms with Crippen LogP contribution in [0.5, 0.6) is 11.5 Å². The molecule has 0 aliphatic carbocycles. The third-order valence-corrected chi connectivity index (χ3v) is 2.09. The van der Waals surface area contributed by atoms with E-state index < -0.39 is 6.61 Å². The highest BCUT2D eigenvalue weighted by Crippen LogP contribution is 2.30. The molecule has 0 bridgehead atoms. The van der Waals surface area contributed by atoms with E-state index in [-0.39, 0.29) is 24.1 Å². The van der Waals surface area contributed by atoms with Gasteiger partial charge < -0.3 is 20.9 Å². The summed E-state index contributed by atoms with van der Waals surface area (Å²) in [5.74, 6) is 0.187. The summed E-state index contributed by atoms with van der Waals surface area (Å²) in [5, 5.41) is 0. The average molecular weight is 232 g/mol. The zero-order valence-electron chi connectivity index (χ0n) is 8.82. The van der Waals surface area contributed by atoms with Crippen LogP contribution in [0.15, 0.2) is 18.2 Å². The van der Waals surface area contributed by atoms with Crippen molar-refractivity contribution in [3.8, 4) is 11.5 Å². The van der Waals surface area contributed by atoms with Gasteiger partial charge in [0.1, 0.15) is 0 Å². The lowest BCUT2D eigenvalue weighted by atomic mass is 10.1. The molecular weight excluding hydrogens is 218 g/mol. The Hall–Kier alpha value is -1.40. The number of halogens is 2. The topological polar surface area (TPSA) is 70.5 Å². The Morgan fingerprint density at radius 3 is 2.50 bits per heavy atom. The van der Waals surface area contributed by atoms with Gasteiger partial charge in [0.15, 0.2) is 11.5 Å². The molecule has 4 nitrogen and oxygen atoms in total. The van der Waals surface area contributed by atoms with Crippen molar-refractivity contribution in [2.45, 2.75) is 12.7 Å². The Labute approximate surface area is 92.1 Å². The van der Waals surface area contributed by atoms with Crippen molar-refractivity contribution in [2.75, 3.05) is 13.7 Å². The van der Waals surface area contributed by atoms with Crippen LogP contribution in [0.4, 0.5) is 8.78 Å². The van der Waals surface area contributed by atoms with Crippen LogP contribution in [-0.2, 0) is 0 Å². The molecule has 90 valence electrons. The van der Waals surface area contributed by atoms with E-state index in [4.69, 9.17) is 16.2 Å². The maximum absolute atomic E-state index is 12.0. The Morgan fingerprint density at radius 1 is 1.31 bits per heavy atom. The molecule has 0 fully saturated rings. The van der Waals surface area contributed by atoms with Crippen LogP contribution in [0, 0.1) is 0 Å². The summed E-state index contributed by atoms with van der Waals surface area (Å²) in [5.41, 5.74) is 11.8. The maximum atomic E-state index is 12.0. The lowest BCUT2D eigenvalue weighted by molar-refractivity contribution is -0.0512. The minimum Gasteiger partial charge on any atom is -0.493 e. The Bertz CT molecular complexity index is 348. The minimum absolute atomic E-state index is 0.0227. The second kappa shape index (κ2) is 5.62. The molecule has 1 rings (SSSR count). The summed E-state index contributed by atoms with van der Waals surface area (Å²) in [6.45, 7) is -2.62. The predicted molar refractivity (Wildman–Crippen MR) is 55.6 cm³/mol. The molecule has 6 heteroatoms. The summed E-state index contributed by atoms with van der Waals surface area (Å²) in [6.07, 6.45) is 0. The SMILES string of the molecule is COc1cc(C(N)CN)ccc1OC(F)F. The van der Waals surface area contributed by atoms with Gasteiger partial charge in [-0.15, -0.1) is 0 Å². The van der Waals surface area contributed by atoms with E-state index in [0.29, 0.717) is 5.56 Å². The molecule has 0 saturated carbocycles. The van der Waals surface area contributed by atoms with E-state index in [1.807, 2.05) is 0 Å². The van der Waals surface area contributed by atoms with Gasteiger partial charge in [-0.2, -0.15) is 8.78 Å². The molecule has 0 amide bonds. The number of benzene rings is 1. The minimum atomic E-state index is -2.89. The van der Waals surface area contributed by atoms with Gasteiger partial charge in [0.25, 0.3) is 0 Å². The lowest BCUT2D eigenvalue weighted by Gasteiger charge is -2.14. The van der Waals surface area contributed by atoms with E-state index in [9.17, 15) is 8.78 Å². The summed E-state index contributed by atoms with van der Waals surface area (Å²) in [4.78, 5) is 0. The quantitative estimate of drug-likeness (QED) is 0.801. The van der Waals surface area contributed by atoms with Crippen molar-refractivity contribution in [1.82, 2.24) is 0 Å². The number of hydrogen-bond donors (Lipinski definition) is 2. The van der Waals surface area contributed by atoms with Crippen LogP contribution in [0.1, 0.15) is 11.6 Å². The maximum Gasteiger partial charge on any atom is 0.387 e. The second-order valence-corrected chi connectivity index (χ2v) is 3.13. The molecule has 0 aromatic heterocycles. The fourth-order valence-corrected chi connectivity index (χ4v) is 1.24. The van der Waals surface area contributed by atoms with Gasteiger partial charge in [0.2, 0.25) is 0 Å². The molecule has 0 aliphatic heterocycles. The molecule has 16 heavy (non-hydrogen) atoms. The zero-order chi connectivity index (χ0) is 12.1. The summed E-state index contributed by atoms with van der Waals surface area (Å²) < 4.78 is 33.3. The zero-order valence-corrected chi connectivity index (χ0v) is 8.82. The molecule has 1 aromatic carbocycles. The number of rotatable bonds is 5. The molecule has 0 heterocycles. The summed E-state index contributed by atoms with van der Waals surface area (Å²) >= 11 is 0. The third kappa shape index (κ3) is 3.04. The Morgan fingerprint density at radius 2 is 2.00 bits per heavy atom. The van der Waals surface area contributed by atoms with E-state index in [1.165, 1.54) is 19.2 Å². The van der Waals surface area contributed by atoms with Gasteiger partial charge in [0, 0.05) is 12.6 Å². The molecule has 1 unspecified atom stereocenters. The molecular formula is C10H14F2N2O2. The van der Waals surface area contributed by atoms with Gasteiger partial charge in [-0.3, -0.25) is 0 Å². The van der Waals surface area contributed by atoms with E-state index in [0.717, 1.165) is 0 Å². The molecule has 0 saturated heterocycles. The monoisotopic (exact) mass is 232 g/mol. The first-order chi connectivity index (χ1) is 7.58. The standard InChI is InChI=1S/C10H14F2N2O2/c1-15-9-4-6(7(14)5-13)2-3-8(9)16-10(11)12/h2-4,7,10H,5,13-14H2,1H3. The van der Waals surface area contributed by atoms with Crippen molar-refractivity contribution in [3.63, 3.8) is 0 Å². The van der Waals surface area contributed by atoms with Crippen molar-refractivity contribution >= 4 is 0 Å². The highest BCUT2D eigenvalue weighted by Gasteiger charge is 2.13. The van der Waals surface area contributed by atoms with Crippen molar-refractivity contribution < 1.29 is 18.3 Å². The van der Waals surface area contributed by atoms with Crippen LogP contribution in [0.25, 0.3) is 0 Å². The third-order valence-electron chi connectivity index (χ3n) is 2.09. The van der Waals surface area contributed by atoms with Crippen molar-refractivity contribution in [2.24, 2.45) is 11.5 Å². The number of ether oxygens (including phenoxy) is 2. The van der Waals surface area contributed by atoms with E-state index in [1.54, 1.807) is 6.07 Å². The summed E-state index contributed by atoms with van der Waals surface area (Å²) in [7, 11) is 1.37. The number of methoxy groups -OCH3 is 1. The highest BCUT2D eigenvalue weighted by molar-refractivity contribution is 5.43. The highest BCUT2D eigenvalue weighted by atomic mass is 19.3. The average Bonchev–Trinajstić information content (AvgIpc) is 2.27. The lowest BCUT2D eigenvalue weighted by Crippen LogP contribution is -2.20. The molecule has 4 N–H and O–H groups in total. The van der Waals surface area contributed by atoms with Crippen LogP contribution < -0.4 is 20.9 Å². The van der Waals surface area contributed by atoms with Gasteiger partial charge in [-0.25, -0.2) is 0 Å². The predicted octanol–water partition coefficient (Wildman–Crippen LogP) is 1.26. The largest absolute Gasteiger partial charge is 0.493 e. The first-order valence-corrected chi connectivity index (χ1v) is 4.67. The van der Waals surface area contributed by atoms with Gasteiger partial charge in [0.05, 0.1) is 7.11 Å². The molecule has 1 aromatic rings. The number of hydrogen-bond acceptors (Lipinski definition) is 4.